The Morgan fingerprint density at radius 2 is 1.82 bits per heavy atom. The molecule has 33 heavy (non-hydrogen) atoms. The number of halogens is 3. The summed E-state index contributed by atoms with van der Waals surface area (Å²) in [6.07, 6.45) is -1.66. The number of nitrogens with zero attached hydrogens (tertiary/aromatic N) is 1. The Kier molecular flexibility index (Phi) is 9.58. The van der Waals surface area contributed by atoms with Crippen molar-refractivity contribution in [2.45, 2.75) is 32.0 Å². The largest absolute Gasteiger partial charge is 0.450 e. The molecule has 1 aromatic heterocycles. The first kappa shape index (κ1) is 26.0. The van der Waals surface area contributed by atoms with Gasteiger partial charge >= 0.3 is 6.18 Å². The molecule has 1 heterocycles. The number of amides is 2. The van der Waals surface area contributed by atoms with Crippen LogP contribution in [0.5, 0.6) is 0 Å². The van der Waals surface area contributed by atoms with Crippen LogP contribution in [0.15, 0.2) is 48.8 Å². The zero-order valence-electron chi connectivity index (χ0n) is 17.6. The van der Waals surface area contributed by atoms with E-state index in [1.54, 1.807) is 24.3 Å². The van der Waals surface area contributed by atoms with Gasteiger partial charge in [-0.15, -0.1) is 0 Å². The number of ketones is 2. The molecule has 2 amide bonds. The number of Topliss-reactive ketones (excluding diaryl/α,β-unsaturated/α-hetero) is 2. The number of alkyl halides is 3. The van der Waals surface area contributed by atoms with Crippen molar-refractivity contribution in [1.29, 1.82) is 0 Å². The van der Waals surface area contributed by atoms with Gasteiger partial charge < -0.3 is 10.6 Å². The summed E-state index contributed by atoms with van der Waals surface area (Å²) < 4.78 is 36.9. The van der Waals surface area contributed by atoms with Gasteiger partial charge in [-0.05, 0) is 49.8 Å². The summed E-state index contributed by atoms with van der Waals surface area (Å²) in [6.45, 7) is 1.39. The number of pyridine rings is 1. The van der Waals surface area contributed by atoms with Crippen LogP contribution >= 0.6 is 11.8 Å². The Morgan fingerprint density at radius 3 is 2.45 bits per heavy atom. The SMILES string of the molecule is CC(=O)c1cccc(NC(=O)[C@H](CCCSCC(=O)C(F)(F)F)NC(=O)c2cccnc2)c1. The van der Waals surface area contributed by atoms with E-state index in [0.717, 1.165) is 11.8 Å². The molecule has 0 aliphatic rings. The molecule has 0 aliphatic carbocycles. The van der Waals surface area contributed by atoms with Crippen LogP contribution in [0.25, 0.3) is 0 Å². The molecule has 1 atom stereocenters. The Bertz CT molecular complexity index is 1000. The molecule has 1 aromatic carbocycles. The van der Waals surface area contributed by atoms with Crippen LogP contribution in [0.3, 0.4) is 0 Å². The maximum absolute atomic E-state index is 12.8. The van der Waals surface area contributed by atoms with Crippen LogP contribution in [-0.4, -0.2) is 52.1 Å². The highest BCUT2D eigenvalue weighted by atomic mass is 32.2. The molecule has 0 fully saturated rings. The summed E-state index contributed by atoms with van der Waals surface area (Å²) in [5.41, 5.74) is 0.993. The maximum atomic E-state index is 12.8. The number of benzene rings is 1. The first-order chi connectivity index (χ1) is 15.6. The van der Waals surface area contributed by atoms with Crippen molar-refractivity contribution in [3.05, 3.63) is 59.9 Å². The summed E-state index contributed by atoms with van der Waals surface area (Å²) in [5, 5.41) is 5.24. The predicted molar refractivity (Wildman–Crippen MR) is 118 cm³/mol. The standard InChI is InChI=1S/C22H22F3N3O4S/c1-14(29)15-5-2-7-17(11-15)27-21(32)18(28-20(31)16-6-3-9-26-12-16)8-4-10-33-13-19(30)22(23,24)25/h2-3,5-7,9,11-12,18H,4,8,10,13H2,1H3,(H,27,32)(H,28,31)/t18-/m0/s1. The van der Waals surface area contributed by atoms with Crippen LogP contribution in [-0.2, 0) is 9.59 Å². The molecule has 0 saturated carbocycles. The molecule has 176 valence electrons. The van der Waals surface area contributed by atoms with Gasteiger partial charge in [0.25, 0.3) is 5.91 Å². The number of carbonyl (C=O) groups excluding carboxylic acids is 4. The van der Waals surface area contributed by atoms with Gasteiger partial charge in [-0.2, -0.15) is 24.9 Å². The fourth-order valence-corrected chi connectivity index (χ4v) is 3.55. The number of rotatable bonds is 11. The van der Waals surface area contributed by atoms with E-state index in [1.807, 2.05) is 0 Å². The first-order valence-corrected chi connectivity index (χ1v) is 11.0. The zero-order valence-corrected chi connectivity index (χ0v) is 18.5. The highest BCUT2D eigenvalue weighted by Crippen LogP contribution is 2.19. The minimum atomic E-state index is -4.87. The van der Waals surface area contributed by atoms with E-state index in [9.17, 15) is 32.3 Å². The second-order valence-electron chi connectivity index (χ2n) is 7.01. The van der Waals surface area contributed by atoms with Crippen molar-refractivity contribution in [3.8, 4) is 0 Å². The maximum Gasteiger partial charge on any atom is 0.450 e. The lowest BCUT2D eigenvalue weighted by Crippen LogP contribution is -2.44. The molecule has 11 heteroatoms. The van der Waals surface area contributed by atoms with E-state index in [0.29, 0.717) is 11.3 Å². The zero-order chi connectivity index (χ0) is 24.4. The topological polar surface area (TPSA) is 105 Å². The average molecular weight is 481 g/mol. The van der Waals surface area contributed by atoms with E-state index in [1.165, 1.54) is 31.5 Å². The number of aromatic nitrogens is 1. The molecule has 2 rings (SSSR count). The van der Waals surface area contributed by atoms with Crippen molar-refractivity contribution >= 4 is 40.8 Å². The minimum absolute atomic E-state index is 0.122. The van der Waals surface area contributed by atoms with E-state index in [4.69, 9.17) is 0 Å². The third-order valence-corrected chi connectivity index (χ3v) is 5.46. The van der Waals surface area contributed by atoms with Crippen LogP contribution in [0, 0.1) is 0 Å². The van der Waals surface area contributed by atoms with Crippen LogP contribution in [0.2, 0.25) is 0 Å². The lowest BCUT2D eigenvalue weighted by molar-refractivity contribution is -0.167. The highest BCUT2D eigenvalue weighted by molar-refractivity contribution is 7.99. The fraction of sp³-hybridized carbons (Fsp3) is 0.318. The Labute approximate surface area is 192 Å². The number of nitrogens with one attached hydrogen (secondary N) is 2. The van der Waals surface area contributed by atoms with Crippen molar-refractivity contribution in [1.82, 2.24) is 10.3 Å². The van der Waals surface area contributed by atoms with Gasteiger partial charge in [0.1, 0.15) is 6.04 Å². The molecule has 0 unspecified atom stereocenters. The van der Waals surface area contributed by atoms with Crippen molar-refractivity contribution in [3.63, 3.8) is 0 Å². The Morgan fingerprint density at radius 1 is 1.09 bits per heavy atom. The van der Waals surface area contributed by atoms with Crippen molar-refractivity contribution in [2.75, 3.05) is 16.8 Å². The summed E-state index contributed by atoms with van der Waals surface area (Å²) in [4.78, 5) is 51.7. The molecule has 7 nitrogen and oxygen atoms in total. The smallest absolute Gasteiger partial charge is 0.340 e. The number of anilines is 1. The highest BCUT2D eigenvalue weighted by Gasteiger charge is 2.37. The summed E-state index contributed by atoms with van der Waals surface area (Å²) >= 11 is 0.805. The van der Waals surface area contributed by atoms with Crippen molar-refractivity contribution < 1.29 is 32.3 Å². The summed E-state index contributed by atoms with van der Waals surface area (Å²) in [5.74, 6) is -3.62. The molecule has 2 aromatic rings. The summed E-state index contributed by atoms with van der Waals surface area (Å²) in [7, 11) is 0. The van der Waals surface area contributed by atoms with Gasteiger partial charge in [0, 0.05) is 23.6 Å². The van der Waals surface area contributed by atoms with E-state index >= 15 is 0 Å². The van der Waals surface area contributed by atoms with Crippen molar-refractivity contribution in [2.24, 2.45) is 0 Å². The van der Waals surface area contributed by atoms with Gasteiger partial charge in [0.05, 0.1) is 11.3 Å². The molecule has 0 spiro atoms. The van der Waals surface area contributed by atoms with E-state index in [2.05, 4.69) is 15.6 Å². The Balaban J connectivity index is 2.02. The normalized spacial score (nSPS) is 12.0. The monoisotopic (exact) mass is 481 g/mol. The third-order valence-electron chi connectivity index (χ3n) is 4.41. The van der Waals surface area contributed by atoms with E-state index in [-0.39, 0.29) is 29.9 Å². The van der Waals surface area contributed by atoms with E-state index < -0.39 is 35.6 Å². The van der Waals surface area contributed by atoms with Crippen LogP contribution in [0.4, 0.5) is 18.9 Å². The van der Waals surface area contributed by atoms with Gasteiger partial charge in [-0.3, -0.25) is 24.2 Å². The number of hydrogen-bond acceptors (Lipinski definition) is 6. The predicted octanol–water partition coefficient (Wildman–Crippen LogP) is 3.67. The molecular formula is C22H22F3N3O4S. The molecule has 0 bridgehead atoms. The van der Waals surface area contributed by atoms with Gasteiger partial charge in [0.2, 0.25) is 11.7 Å². The second kappa shape index (κ2) is 12.1. The average Bonchev–Trinajstić information content (AvgIpc) is 2.77. The molecule has 0 saturated heterocycles. The molecule has 0 radical (unpaired) electrons. The lowest BCUT2D eigenvalue weighted by atomic mass is 10.1. The molecular weight excluding hydrogens is 459 g/mol. The lowest BCUT2D eigenvalue weighted by Gasteiger charge is -2.19. The quantitative estimate of drug-likeness (QED) is 0.375. The first-order valence-electron chi connectivity index (χ1n) is 9.88. The van der Waals surface area contributed by atoms with Crippen LogP contribution in [0.1, 0.15) is 40.5 Å². The van der Waals surface area contributed by atoms with Gasteiger partial charge in [-0.25, -0.2) is 0 Å². The molecule has 0 aliphatic heterocycles. The fourth-order valence-electron chi connectivity index (χ4n) is 2.69. The number of hydrogen-bond donors (Lipinski definition) is 2. The molecule has 2 N–H and O–H groups in total. The van der Waals surface area contributed by atoms with Gasteiger partial charge in [0.15, 0.2) is 5.78 Å². The minimum Gasteiger partial charge on any atom is -0.340 e. The van der Waals surface area contributed by atoms with Crippen LogP contribution < -0.4 is 10.6 Å². The summed E-state index contributed by atoms with van der Waals surface area (Å²) in [6, 6.07) is 8.36. The third kappa shape index (κ3) is 8.68. The van der Waals surface area contributed by atoms with Gasteiger partial charge in [-0.1, -0.05) is 12.1 Å². The number of carbonyl (C=O) groups is 4. The second-order valence-corrected chi connectivity index (χ2v) is 8.11. The Hall–Kier alpha value is -3.21. The number of thioether (sulfide) groups is 1.